The van der Waals surface area contributed by atoms with Crippen molar-refractivity contribution >= 4 is 39.0 Å². The Balaban J connectivity index is 1.43. The van der Waals surface area contributed by atoms with E-state index in [1.807, 2.05) is 33.7 Å². The lowest BCUT2D eigenvalue weighted by Gasteiger charge is -2.26. The SMILES string of the molecule is S=C(NCCN1CCOCC1)Oc1cccc([C@H]2CCSS2)c1. The molecule has 2 saturated heterocycles. The Kier molecular flexibility index (Phi) is 6.89. The molecule has 2 aliphatic rings. The third kappa shape index (κ3) is 5.53. The normalized spacial score (nSPS) is 22.0. The second kappa shape index (κ2) is 9.13. The van der Waals surface area contributed by atoms with Gasteiger partial charge in [-0.1, -0.05) is 33.7 Å². The van der Waals surface area contributed by atoms with Crippen molar-refractivity contribution in [2.24, 2.45) is 0 Å². The van der Waals surface area contributed by atoms with Crippen molar-refractivity contribution < 1.29 is 9.47 Å². The Bertz CT molecular complexity index is 518. The smallest absolute Gasteiger partial charge is 0.262 e. The Labute approximate surface area is 151 Å². The molecule has 2 heterocycles. The quantitative estimate of drug-likeness (QED) is 0.630. The maximum absolute atomic E-state index is 5.77. The van der Waals surface area contributed by atoms with E-state index < -0.39 is 0 Å². The van der Waals surface area contributed by atoms with E-state index in [9.17, 15) is 0 Å². The highest BCUT2D eigenvalue weighted by Crippen LogP contribution is 2.48. The van der Waals surface area contributed by atoms with E-state index in [0.29, 0.717) is 10.4 Å². The maximum atomic E-state index is 5.77. The fraction of sp³-hybridized carbons (Fsp3) is 0.562. The lowest BCUT2D eigenvalue weighted by molar-refractivity contribution is 0.0388. The van der Waals surface area contributed by atoms with Crippen LogP contribution in [0.2, 0.25) is 0 Å². The number of hydrogen-bond donors (Lipinski definition) is 1. The van der Waals surface area contributed by atoms with Gasteiger partial charge in [0.1, 0.15) is 5.75 Å². The van der Waals surface area contributed by atoms with Crippen LogP contribution < -0.4 is 10.1 Å². The monoisotopic (exact) mass is 370 g/mol. The number of benzene rings is 1. The number of ether oxygens (including phenoxy) is 2. The Morgan fingerprint density at radius 2 is 2.26 bits per heavy atom. The largest absolute Gasteiger partial charge is 0.432 e. The summed E-state index contributed by atoms with van der Waals surface area (Å²) in [6, 6.07) is 8.29. The van der Waals surface area contributed by atoms with Gasteiger partial charge in [-0.25, -0.2) is 0 Å². The van der Waals surface area contributed by atoms with Crippen LogP contribution >= 0.6 is 33.8 Å². The van der Waals surface area contributed by atoms with Crippen LogP contribution in [0.25, 0.3) is 0 Å². The van der Waals surface area contributed by atoms with Crippen LogP contribution in [-0.4, -0.2) is 55.2 Å². The van der Waals surface area contributed by atoms with Gasteiger partial charge in [-0.05, 0) is 36.3 Å². The average Bonchev–Trinajstić information content (AvgIpc) is 3.11. The summed E-state index contributed by atoms with van der Waals surface area (Å²) >= 11 is 5.30. The van der Waals surface area contributed by atoms with Crippen LogP contribution in [0.4, 0.5) is 0 Å². The summed E-state index contributed by atoms with van der Waals surface area (Å²) in [6.45, 7) is 5.40. The van der Waals surface area contributed by atoms with E-state index in [4.69, 9.17) is 21.7 Å². The molecule has 0 unspecified atom stereocenters. The van der Waals surface area contributed by atoms with Gasteiger partial charge in [0.15, 0.2) is 0 Å². The third-order valence-corrected chi connectivity index (χ3v) is 7.00. The molecule has 0 saturated carbocycles. The average molecular weight is 371 g/mol. The zero-order valence-corrected chi connectivity index (χ0v) is 15.5. The predicted molar refractivity (Wildman–Crippen MR) is 102 cm³/mol. The van der Waals surface area contributed by atoms with Gasteiger partial charge in [0, 0.05) is 37.2 Å². The van der Waals surface area contributed by atoms with E-state index in [1.54, 1.807) is 0 Å². The summed E-state index contributed by atoms with van der Waals surface area (Å²) in [6.07, 6.45) is 1.22. The second-order valence-corrected chi connectivity index (χ2v) is 8.60. The number of morpholine rings is 1. The molecule has 3 rings (SSSR count). The number of hydrogen-bond acceptors (Lipinski definition) is 6. The molecule has 2 aliphatic heterocycles. The van der Waals surface area contributed by atoms with Gasteiger partial charge >= 0.3 is 0 Å². The fourth-order valence-electron chi connectivity index (χ4n) is 2.62. The van der Waals surface area contributed by atoms with Crippen LogP contribution in [-0.2, 0) is 4.74 Å². The summed E-state index contributed by atoms with van der Waals surface area (Å²) in [7, 11) is 3.90. The summed E-state index contributed by atoms with van der Waals surface area (Å²) in [4.78, 5) is 2.37. The van der Waals surface area contributed by atoms with Gasteiger partial charge in [-0.2, -0.15) is 0 Å². The van der Waals surface area contributed by atoms with Crippen molar-refractivity contribution in [2.75, 3.05) is 45.1 Å². The minimum absolute atomic E-state index is 0.448. The molecule has 0 spiro atoms. The molecule has 2 fully saturated rings. The maximum Gasteiger partial charge on any atom is 0.262 e. The van der Waals surface area contributed by atoms with Crippen LogP contribution in [0, 0.1) is 0 Å². The molecule has 1 atom stereocenters. The van der Waals surface area contributed by atoms with E-state index in [0.717, 1.165) is 45.1 Å². The van der Waals surface area contributed by atoms with Crippen LogP contribution in [0.3, 0.4) is 0 Å². The van der Waals surface area contributed by atoms with Gasteiger partial charge in [-0.3, -0.25) is 4.90 Å². The Hall–Kier alpha value is -0.470. The Morgan fingerprint density at radius 3 is 3.04 bits per heavy atom. The summed E-state index contributed by atoms with van der Waals surface area (Å²) in [5.41, 5.74) is 1.33. The van der Waals surface area contributed by atoms with Crippen molar-refractivity contribution in [1.82, 2.24) is 10.2 Å². The Morgan fingerprint density at radius 1 is 1.39 bits per heavy atom. The zero-order chi connectivity index (χ0) is 15.9. The highest BCUT2D eigenvalue weighted by Gasteiger charge is 2.19. The first-order valence-corrected chi connectivity index (χ1v) is 10.7. The molecule has 1 N–H and O–H groups in total. The standard InChI is InChI=1S/C16H22N2O2S3/c21-16(17-5-6-18-7-9-19-10-8-18)20-14-3-1-2-13(12-14)15-4-11-22-23-15/h1-3,12,15H,4-11H2,(H,17,21)/t15-/m1/s1. The number of thiocarbonyl (C=S) groups is 1. The van der Waals surface area contributed by atoms with Crippen LogP contribution in [0.1, 0.15) is 17.2 Å². The molecule has 1 aromatic carbocycles. The van der Waals surface area contributed by atoms with E-state index in [-0.39, 0.29) is 0 Å². The van der Waals surface area contributed by atoms with Gasteiger partial charge in [-0.15, -0.1) is 0 Å². The molecule has 7 heteroatoms. The van der Waals surface area contributed by atoms with Crippen molar-refractivity contribution in [3.05, 3.63) is 29.8 Å². The topological polar surface area (TPSA) is 33.7 Å². The molecule has 0 aliphatic carbocycles. The van der Waals surface area contributed by atoms with Crippen molar-refractivity contribution in [2.45, 2.75) is 11.7 Å². The molecule has 4 nitrogen and oxygen atoms in total. The van der Waals surface area contributed by atoms with Gasteiger partial charge < -0.3 is 14.8 Å². The summed E-state index contributed by atoms with van der Waals surface area (Å²) in [5.74, 6) is 2.05. The molecule has 0 amide bonds. The molecule has 1 aromatic rings. The molecule has 0 radical (unpaired) electrons. The molecule has 0 bridgehead atoms. The first-order valence-electron chi connectivity index (χ1n) is 7.95. The van der Waals surface area contributed by atoms with Gasteiger partial charge in [0.25, 0.3) is 5.17 Å². The summed E-state index contributed by atoms with van der Waals surface area (Å²) < 4.78 is 11.1. The first kappa shape index (κ1) is 17.4. The summed E-state index contributed by atoms with van der Waals surface area (Å²) in [5, 5.41) is 4.21. The highest BCUT2D eigenvalue weighted by molar-refractivity contribution is 8.77. The second-order valence-electron chi connectivity index (χ2n) is 5.54. The highest BCUT2D eigenvalue weighted by atomic mass is 33.1. The molecule has 23 heavy (non-hydrogen) atoms. The number of nitrogens with zero attached hydrogens (tertiary/aromatic N) is 1. The van der Waals surface area contributed by atoms with Crippen molar-refractivity contribution in [1.29, 1.82) is 0 Å². The number of rotatable bonds is 5. The molecular formula is C16H22N2O2S3. The predicted octanol–water partition coefficient (Wildman–Crippen LogP) is 3.10. The van der Waals surface area contributed by atoms with Gasteiger partial charge in [0.05, 0.1) is 13.2 Å². The fourth-order valence-corrected chi connectivity index (χ4v) is 5.72. The lowest BCUT2D eigenvalue weighted by atomic mass is 10.1. The minimum atomic E-state index is 0.448. The zero-order valence-electron chi connectivity index (χ0n) is 13.0. The van der Waals surface area contributed by atoms with Crippen molar-refractivity contribution in [3.63, 3.8) is 0 Å². The third-order valence-electron chi connectivity index (χ3n) is 3.89. The first-order chi connectivity index (χ1) is 11.3. The van der Waals surface area contributed by atoms with E-state index >= 15 is 0 Å². The van der Waals surface area contributed by atoms with Gasteiger partial charge in [0.2, 0.25) is 0 Å². The van der Waals surface area contributed by atoms with E-state index in [1.165, 1.54) is 17.7 Å². The molecule has 126 valence electrons. The number of nitrogens with one attached hydrogen (secondary N) is 1. The molecular weight excluding hydrogens is 348 g/mol. The van der Waals surface area contributed by atoms with E-state index in [2.05, 4.69) is 22.3 Å². The minimum Gasteiger partial charge on any atom is -0.432 e. The molecule has 0 aromatic heterocycles. The lowest BCUT2D eigenvalue weighted by Crippen LogP contribution is -2.41. The van der Waals surface area contributed by atoms with Crippen LogP contribution in [0.5, 0.6) is 5.75 Å². The van der Waals surface area contributed by atoms with Crippen LogP contribution in [0.15, 0.2) is 24.3 Å². The van der Waals surface area contributed by atoms with Crippen molar-refractivity contribution in [3.8, 4) is 5.75 Å².